The molecule has 2 rings (SSSR count). The van der Waals surface area contributed by atoms with Crippen LogP contribution in [0.4, 0.5) is 0 Å². The summed E-state index contributed by atoms with van der Waals surface area (Å²) in [4.78, 5) is 31.5. The predicted molar refractivity (Wildman–Crippen MR) is 83.1 cm³/mol. The molecule has 4 nitrogen and oxygen atoms in total. The average Bonchev–Trinajstić information content (AvgIpc) is 2.58. The van der Waals surface area contributed by atoms with Crippen molar-refractivity contribution in [3.63, 3.8) is 0 Å². The van der Waals surface area contributed by atoms with E-state index in [2.05, 4.69) is 9.78 Å². The summed E-state index contributed by atoms with van der Waals surface area (Å²) in [7, 11) is 0. The summed E-state index contributed by atoms with van der Waals surface area (Å²) in [5.74, 6) is -1.52. The van der Waals surface area contributed by atoms with Crippen molar-refractivity contribution in [2.24, 2.45) is 0 Å². The number of benzene rings is 2. The van der Waals surface area contributed by atoms with Crippen LogP contribution in [0.5, 0.6) is 0 Å². The lowest BCUT2D eigenvalue weighted by molar-refractivity contribution is -0.250. The minimum absolute atomic E-state index is 0.759. The van der Waals surface area contributed by atoms with Crippen LogP contribution in [0.2, 0.25) is 0 Å². The summed E-state index contributed by atoms with van der Waals surface area (Å²) in [5, 5.41) is 0. The van der Waals surface area contributed by atoms with Gasteiger partial charge >= 0.3 is 11.9 Å². The Labute approximate surface area is 128 Å². The minimum Gasteiger partial charge on any atom is -0.242 e. The van der Waals surface area contributed by atoms with Crippen molar-refractivity contribution in [2.45, 2.75) is 0 Å². The van der Waals surface area contributed by atoms with Gasteiger partial charge in [0.2, 0.25) is 0 Å². The monoisotopic (exact) mass is 294 g/mol. The van der Waals surface area contributed by atoms with Gasteiger partial charge in [-0.2, -0.15) is 0 Å². The van der Waals surface area contributed by atoms with Crippen LogP contribution >= 0.6 is 0 Å². The zero-order valence-corrected chi connectivity index (χ0v) is 11.7. The van der Waals surface area contributed by atoms with Gasteiger partial charge in [-0.3, -0.25) is 0 Å². The van der Waals surface area contributed by atoms with E-state index in [1.165, 1.54) is 12.2 Å². The normalized spacial score (nSPS) is 10.7. The quantitative estimate of drug-likeness (QED) is 0.492. The van der Waals surface area contributed by atoms with Crippen LogP contribution in [0, 0.1) is 0 Å². The number of carbonyl (C=O) groups is 2. The van der Waals surface area contributed by atoms with E-state index in [-0.39, 0.29) is 0 Å². The van der Waals surface area contributed by atoms with Crippen LogP contribution in [0.1, 0.15) is 11.1 Å². The highest BCUT2D eigenvalue weighted by molar-refractivity contribution is 5.89. The topological polar surface area (TPSA) is 52.6 Å². The largest absolute Gasteiger partial charge is 0.379 e. The minimum atomic E-state index is -0.759. The first-order valence-electron chi connectivity index (χ1n) is 6.63. The van der Waals surface area contributed by atoms with Crippen LogP contribution < -0.4 is 0 Å². The van der Waals surface area contributed by atoms with Crippen molar-refractivity contribution in [2.75, 3.05) is 0 Å². The summed E-state index contributed by atoms with van der Waals surface area (Å²) in [6, 6.07) is 18.5. The maximum atomic E-state index is 11.4. The zero-order valence-electron chi connectivity index (χ0n) is 11.7. The number of carbonyl (C=O) groups excluding carboxylic acids is 2. The van der Waals surface area contributed by atoms with Gasteiger partial charge in [-0.25, -0.2) is 19.4 Å². The molecule has 0 spiro atoms. The highest BCUT2D eigenvalue weighted by Crippen LogP contribution is 2.02. The van der Waals surface area contributed by atoms with Gasteiger partial charge in [-0.1, -0.05) is 60.7 Å². The van der Waals surface area contributed by atoms with E-state index >= 15 is 0 Å². The number of hydrogen-bond donors (Lipinski definition) is 0. The van der Waals surface area contributed by atoms with E-state index in [1.807, 2.05) is 60.7 Å². The van der Waals surface area contributed by atoms with Gasteiger partial charge in [0.15, 0.2) is 0 Å². The third-order valence-corrected chi connectivity index (χ3v) is 2.63. The van der Waals surface area contributed by atoms with Crippen LogP contribution in [0.3, 0.4) is 0 Å². The highest BCUT2D eigenvalue weighted by Gasteiger charge is 2.03. The maximum absolute atomic E-state index is 11.4. The molecule has 110 valence electrons. The third-order valence-electron chi connectivity index (χ3n) is 2.63. The highest BCUT2D eigenvalue weighted by atomic mass is 17.2. The molecule has 0 aliphatic heterocycles. The van der Waals surface area contributed by atoms with E-state index in [9.17, 15) is 9.59 Å². The Morgan fingerprint density at radius 2 is 1.00 bits per heavy atom. The summed E-state index contributed by atoms with van der Waals surface area (Å²) in [5.41, 5.74) is 1.68. The lowest BCUT2D eigenvalue weighted by Crippen LogP contribution is -2.06. The average molecular weight is 294 g/mol. The molecular formula is C18H14O4. The molecule has 0 aromatic heterocycles. The standard InChI is InChI=1S/C18H14O4/c19-17(13-11-15-7-3-1-4-8-15)21-22-18(20)14-12-16-9-5-2-6-10-16/h1-14H/b13-11+,14-12+. The van der Waals surface area contributed by atoms with Crippen LogP contribution in [-0.4, -0.2) is 11.9 Å². The van der Waals surface area contributed by atoms with E-state index in [0.717, 1.165) is 11.1 Å². The molecule has 0 saturated carbocycles. The van der Waals surface area contributed by atoms with Crippen LogP contribution in [0.25, 0.3) is 12.2 Å². The van der Waals surface area contributed by atoms with Crippen molar-refractivity contribution in [1.82, 2.24) is 0 Å². The molecule has 22 heavy (non-hydrogen) atoms. The van der Waals surface area contributed by atoms with Crippen LogP contribution in [0.15, 0.2) is 72.8 Å². The summed E-state index contributed by atoms with van der Waals surface area (Å²) in [6.07, 6.45) is 5.50. The Morgan fingerprint density at radius 1 is 0.636 bits per heavy atom. The molecule has 0 atom stereocenters. The van der Waals surface area contributed by atoms with Gasteiger partial charge in [0, 0.05) is 12.2 Å². The van der Waals surface area contributed by atoms with Gasteiger partial charge in [-0.15, -0.1) is 0 Å². The first kappa shape index (κ1) is 15.3. The second-order valence-corrected chi connectivity index (χ2v) is 4.29. The summed E-state index contributed by atoms with van der Waals surface area (Å²) >= 11 is 0. The smallest absolute Gasteiger partial charge is 0.242 e. The lowest BCUT2D eigenvalue weighted by atomic mass is 10.2. The molecule has 2 aromatic rings. The van der Waals surface area contributed by atoms with Crippen molar-refractivity contribution >= 4 is 24.1 Å². The second kappa shape index (κ2) is 8.21. The zero-order chi connectivity index (χ0) is 15.6. The molecule has 0 aliphatic carbocycles. The van der Waals surface area contributed by atoms with Gasteiger partial charge in [-0.05, 0) is 23.3 Å². The van der Waals surface area contributed by atoms with E-state index < -0.39 is 11.9 Å². The Hall–Kier alpha value is -3.14. The fourth-order valence-electron chi connectivity index (χ4n) is 1.59. The Morgan fingerprint density at radius 3 is 1.36 bits per heavy atom. The Balaban J connectivity index is 1.77. The molecule has 0 saturated heterocycles. The lowest BCUT2D eigenvalue weighted by Gasteiger charge is -1.97. The molecule has 0 fully saturated rings. The number of hydrogen-bond acceptors (Lipinski definition) is 4. The molecule has 0 radical (unpaired) electrons. The first-order chi connectivity index (χ1) is 10.7. The van der Waals surface area contributed by atoms with Crippen molar-refractivity contribution in [3.8, 4) is 0 Å². The summed E-state index contributed by atoms with van der Waals surface area (Å²) in [6.45, 7) is 0. The number of rotatable bonds is 4. The molecule has 0 unspecified atom stereocenters. The SMILES string of the molecule is O=C(/C=C/c1ccccc1)OOC(=O)/C=C/c1ccccc1. The second-order valence-electron chi connectivity index (χ2n) is 4.29. The van der Waals surface area contributed by atoms with E-state index in [0.29, 0.717) is 0 Å². The summed E-state index contributed by atoms with van der Waals surface area (Å²) < 4.78 is 0. The van der Waals surface area contributed by atoms with Crippen molar-refractivity contribution in [1.29, 1.82) is 0 Å². The molecule has 0 bridgehead atoms. The van der Waals surface area contributed by atoms with Crippen LogP contribution in [-0.2, 0) is 19.4 Å². The van der Waals surface area contributed by atoms with Gasteiger partial charge in [0.1, 0.15) is 0 Å². The van der Waals surface area contributed by atoms with Crippen molar-refractivity contribution < 1.29 is 19.4 Å². The fourth-order valence-corrected chi connectivity index (χ4v) is 1.59. The predicted octanol–water partition coefficient (Wildman–Crippen LogP) is 3.41. The maximum Gasteiger partial charge on any atom is 0.379 e. The van der Waals surface area contributed by atoms with Gasteiger partial charge in [0.05, 0.1) is 0 Å². The van der Waals surface area contributed by atoms with Gasteiger partial charge < -0.3 is 0 Å². The molecule has 0 heterocycles. The molecule has 4 heteroatoms. The molecule has 0 aliphatic rings. The fraction of sp³-hybridized carbons (Fsp3) is 0. The molecule has 0 N–H and O–H groups in total. The van der Waals surface area contributed by atoms with E-state index in [4.69, 9.17) is 0 Å². The first-order valence-corrected chi connectivity index (χ1v) is 6.63. The molecular weight excluding hydrogens is 280 g/mol. The molecule has 2 aromatic carbocycles. The van der Waals surface area contributed by atoms with Gasteiger partial charge in [0.25, 0.3) is 0 Å². The Kier molecular flexibility index (Phi) is 5.70. The third kappa shape index (κ3) is 5.46. The molecule has 0 amide bonds. The van der Waals surface area contributed by atoms with Crippen molar-refractivity contribution in [3.05, 3.63) is 83.9 Å². The Bertz CT molecular complexity index is 611. The van der Waals surface area contributed by atoms with E-state index in [1.54, 1.807) is 12.2 Å².